The molecule has 158 valence electrons. The minimum absolute atomic E-state index is 0.0866. The van der Waals surface area contributed by atoms with Crippen molar-refractivity contribution in [2.24, 2.45) is 17.8 Å². The predicted octanol–water partition coefficient (Wildman–Crippen LogP) is 2.54. The number of carbonyl (C=O) groups excluding carboxylic acids is 3. The Bertz CT molecular complexity index is 741. The first-order valence-electron chi connectivity index (χ1n) is 10.5. The van der Waals surface area contributed by atoms with Gasteiger partial charge >= 0.3 is 0 Å². The summed E-state index contributed by atoms with van der Waals surface area (Å²) in [6.45, 7) is 3.80. The minimum atomic E-state index is -1.15. The van der Waals surface area contributed by atoms with Crippen molar-refractivity contribution in [1.82, 2.24) is 5.32 Å². The Morgan fingerprint density at radius 2 is 1.83 bits per heavy atom. The predicted molar refractivity (Wildman–Crippen MR) is 108 cm³/mol. The highest BCUT2D eigenvalue weighted by Crippen LogP contribution is 2.33. The van der Waals surface area contributed by atoms with E-state index in [9.17, 15) is 19.5 Å². The Labute approximate surface area is 172 Å². The number of rotatable bonds is 9. The molecule has 2 fully saturated rings. The second-order valence-corrected chi connectivity index (χ2v) is 8.79. The van der Waals surface area contributed by atoms with Gasteiger partial charge in [0.15, 0.2) is 17.2 Å². The van der Waals surface area contributed by atoms with Crippen LogP contribution >= 0.6 is 0 Å². The summed E-state index contributed by atoms with van der Waals surface area (Å²) < 4.78 is 5.20. The highest BCUT2D eigenvalue weighted by atomic mass is 16.6. The number of aliphatic hydroxyl groups is 1. The SMILES string of the molecule is CC(C)CC(NC(=O)C1CCC[C@@H](C(=O)c2ccccc2)C1)C(=O)C1(CO)CO1. The third kappa shape index (κ3) is 5.11. The lowest BCUT2D eigenvalue weighted by molar-refractivity contribution is -0.134. The second kappa shape index (κ2) is 9.18. The summed E-state index contributed by atoms with van der Waals surface area (Å²) >= 11 is 0. The molecule has 1 saturated carbocycles. The molecule has 2 N–H and O–H groups in total. The summed E-state index contributed by atoms with van der Waals surface area (Å²) in [5.41, 5.74) is -0.465. The first-order chi connectivity index (χ1) is 13.9. The van der Waals surface area contributed by atoms with Gasteiger partial charge in [-0.25, -0.2) is 0 Å². The fourth-order valence-electron chi connectivity index (χ4n) is 4.21. The van der Waals surface area contributed by atoms with Crippen molar-refractivity contribution in [1.29, 1.82) is 0 Å². The molecule has 6 nitrogen and oxygen atoms in total. The Hall–Kier alpha value is -2.05. The van der Waals surface area contributed by atoms with Gasteiger partial charge in [-0.3, -0.25) is 14.4 Å². The van der Waals surface area contributed by atoms with E-state index < -0.39 is 11.6 Å². The van der Waals surface area contributed by atoms with E-state index in [0.29, 0.717) is 24.8 Å². The molecule has 0 spiro atoms. The van der Waals surface area contributed by atoms with Gasteiger partial charge in [-0.05, 0) is 31.6 Å². The van der Waals surface area contributed by atoms with E-state index in [1.54, 1.807) is 0 Å². The molecule has 3 rings (SSSR count). The van der Waals surface area contributed by atoms with E-state index in [2.05, 4.69) is 5.32 Å². The first-order valence-corrected chi connectivity index (χ1v) is 10.5. The van der Waals surface area contributed by atoms with Crippen LogP contribution in [0.5, 0.6) is 0 Å². The number of hydrogen-bond donors (Lipinski definition) is 2. The molecule has 0 bridgehead atoms. The molecule has 4 atom stereocenters. The van der Waals surface area contributed by atoms with E-state index in [1.165, 1.54) is 0 Å². The third-order valence-corrected chi connectivity index (χ3v) is 6.01. The van der Waals surface area contributed by atoms with Gasteiger partial charge in [-0.2, -0.15) is 0 Å². The van der Waals surface area contributed by atoms with Crippen LogP contribution in [0.15, 0.2) is 30.3 Å². The zero-order chi connectivity index (χ0) is 21.0. The maximum Gasteiger partial charge on any atom is 0.223 e. The van der Waals surface area contributed by atoms with Crippen molar-refractivity contribution in [3.05, 3.63) is 35.9 Å². The van der Waals surface area contributed by atoms with Gasteiger partial charge in [-0.15, -0.1) is 0 Å². The summed E-state index contributed by atoms with van der Waals surface area (Å²) in [5, 5.41) is 12.4. The van der Waals surface area contributed by atoms with Gasteiger partial charge in [-0.1, -0.05) is 50.6 Å². The molecule has 1 heterocycles. The monoisotopic (exact) mass is 401 g/mol. The van der Waals surface area contributed by atoms with Gasteiger partial charge in [0.25, 0.3) is 0 Å². The lowest BCUT2D eigenvalue weighted by Gasteiger charge is -2.30. The number of nitrogens with one attached hydrogen (secondary N) is 1. The Kier molecular flexibility index (Phi) is 6.85. The van der Waals surface area contributed by atoms with Crippen LogP contribution < -0.4 is 5.32 Å². The number of aliphatic hydroxyl groups excluding tert-OH is 1. The molecule has 1 aromatic carbocycles. The van der Waals surface area contributed by atoms with Gasteiger partial charge in [0, 0.05) is 17.4 Å². The summed E-state index contributed by atoms with van der Waals surface area (Å²) in [7, 11) is 0. The van der Waals surface area contributed by atoms with E-state index in [-0.39, 0.29) is 48.4 Å². The van der Waals surface area contributed by atoms with Crippen LogP contribution in [0.4, 0.5) is 0 Å². The van der Waals surface area contributed by atoms with Crippen molar-refractivity contribution in [2.75, 3.05) is 13.2 Å². The summed E-state index contributed by atoms with van der Waals surface area (Å²) in [6, 6.07) is 8.52. The largest absolute Gasteiger partial charge is 0.393 e. The highest BCUT2D eigenvalue weighted by Gasteiger charge is 2.54. The lowest BCUT2D eigenvalue weighted by atomic mass is 9.77. The van der Waals surface area contributed by atoms with Crippen molar-refractivity contribution < 1.29 is 24.2 Å². The van der Waals surface area contributed by atoms with Gasteiger partial charge in [0.2, 0.25) is 5.91 Å². The number of amides is 1. The topological polar surface area (TPSA) is 96.0 Å². The Morgan fingerprint density at radius 3 is 2.41 bits per heavy atom. The minimum Gasteiger partial charge on any atom is -0.393 e. The molecule has 2 aliphatic rings. The van der Waals surface area contributed by atoms with Crippen molar-refractivity contribution >= 4 is 17.5 Å². The Balaban J connectivity index is 1.64. The molecule has 6 heteroatoms. The smallest absolute Gasteiger partial charge is 0.223 e. The summed E-state index contributed by atoms with van der Waals surface area (Å²) in [6.07, 6.45) is 3.31. The number of epoxide rings is 1. The molecule has 1 amide bonds. The van der Waals surface area contributed by atoms with Crippen LogP contribution in [-0.4, -0.2) is 47.4 Å². The van der Waals surface area contributed by atoms with Crippen LogP contribution in [0.2, 0.25) is 0 Å². The van der Waals surface area contributed by atoms with E-state index >= 15 is 0 Å². The van der Waals surface area contributed by atoms with Gasteiger partial charge in [0.1, 0.15) is 0 Å². The molecule has 1 saturated heterocycles. The number of benzene rings is 1. The number of hydrogen-bond acceptors (Lipinski definition) is 5. The van der Waals surface area contributed by atoms with Gasteiger partial charge < -0.3 is 15.2 Å². The zero-order valence-corrected chi connectivity index (χ0v) is 17.2. The molecule has 3 unspecified atom stereocenters. The molecular formula is C23H31NO5. The highest BCUT2D eigenvalue weighted by molar-refractivity contribution is 5.99. The molecule has 1 aromatic rings. The third-order valence-electron chi connectivity index (χ3n) is 6.01. The number of Topliss-reactive ketones (excluding diaryl/α,β-unsaturated/α-hetero) is 2. The Morgan fingerprint density at radius 1 is 1.17 bits per heavy atom. The van der Waals surface area contributed by atoms with Crippen molar-refractivity contribution in [3.8, 4) is 0 Å². The first kappa shape index (κ1) is 21.7. The molecule has 0 aromatic heterocycles. The lowest BCUT2D eigenvalue weighted by Crippen LogP contribution is -2.50. The summed E-state index contributed by atoms with van der Waals surface area (Å²) in [4.78, 5) is 38.6. The van der Waals surface area contributed by atoms with Crippen LogP contribution in [0, 0.1) is 17.8 Å². The van der Waals surface area contributed by atoms with Gasteiger partial charge in [0.05, 0.1) is 19.3 Å². The molecule has 1 aliphatic heterocycles. The zero-order valence-electron chi connectivity index (χ0n) is 17.2. The number of carbonyl (C=O) groups is 3. The standard InChI is InChI=1S/C23H31NO5/c1-15(2)11-19(21(27)23(13-25)14-29-23)24-22(28)18-10-6-9-17(12-18)20(26)16-7-4-3-5-8-16/h3-5,7-8,15,17-19,25H,6,9-14H2,1-2H3,(H,24,28)/t17-,18?,19?,23?/m1/s1. The van der Waals surface area contributed by atoms with E-state index in [1.807, 2.05) is 44.2 Å². The number of ether oxygens (including phenoxy) is 1. The van der Waals surface area contributed by atoms with E-state index in [4.69, 9.17) is 4.74 Å². The maximum absolute atomic E-state index is 13.0. The molecule has 29 heavy (non-hydrogen) atoms. The fraction of sp³-hybridized carbons (Fsp3) is 0.609. The molecule has 0 radical (unpaired) electrons. The molecular weight excluding hydrogens is 370 g/mol. The fourth-order valence-corrected chi connectivity index (χ4v) is 4.21. The van der Waals surface area contributed by atoms with Crippen LogP contribution in [-0.2, 0) is 14.3 Å². The normalized spacial score (nSPS) is 27.3. The average Bonchev–Trinajstić information content (AvgIpc) is 3.54. The molecule has 1 aliphatic carbocycles. The second-order valence-electron chi connectivity index (χ2n) is 8.79. The van der Waals surface area contributed by atoms with Crippen LogP contribution in [0.3, 0.4) is 0 Å². The van der Waals surface area contributed by atoms with Crippen LogP contribution in [0.1, 0.15) is 56.3 Å². The maximum atomic E-state index is 13.0. The average molecular weight is 402 g/mol. The van der Waals surface area contributed by atoms with Crippen LogP contribution in [0.25, 0.3) is 0 Å². The summed E-state index contributed by atoms with van der Waals surface area (Å²) in [5.74, 6) is -0.593. The number of ketones is 2. The van der Waals surface area contributed by atoms with E-state index in [0.717, 1.165) is 12.8 Å². The van der Waals surface area contributed by atoms with Crippen molar-refractivity contribution in [2.45, 2.75) is 57.6 Å². The quantitative estimate of drug-likeness (QED) is 0.490. The van der Waals surface area contributed by atoms with Crippen molar-refractivity contribution in [3.63, 3.8) is 0 Å².